The van der Waals surface area contributed by atoms with Crippen molar-refractivity contribution in [1.29, 1.82) is 0 Å². The Kier molecular flexibility index (Phi) is 4.98. The Hall–Kier alpha value is -0.163. The number of halogens is 1. The van der Waals surface area contributed by atoms with Crippen molar-refractivity contribution < 1.29 is 8.85 Å². The molecule has 1 aromatic rings. The van der Waals surface area contributed by atoms with Crippen LogP contribution in [0.4, 0.5) is 0 Å². The molecule has 0 unspecified atom stereocenters. The maximum atomic E-state index is 5.65. The van der Waals surface area contributed by atoms with Crippen LogP contribution in [0.2, 0.25) is 6.04 Å². The number of rotatable bonds is 5. The van der Waals surface area contributed by atoms with Gasteiger partial charge in [-0.05, 0) is 23.4 Å². The zero-order chi connectivity index (χ0) is 11.3. The van der Waals surface area contributed by atoms with E-state index in [0.717, 1.165) is 16.9 Å². The molecule has 0 radical (unpaired) electrons. The molecule has 0 heterocycles. The van der Waals surface area contributed by atoms with Crippen LogP contribution in [-0.4, -0.2) is 22.8 Å². The van der Waals surface area contributed by atoms with Gasteiger partial charge in [-0.2, -0.15) is 0 Å². The summed E-state index contributed by atoms with van der Waals surface area (Å²) in [6.45, 7) is 2.15. The standard InChI is InChI=1S/C11H17BrO2Si/c1-4-9-15(13-2,14-3)11-7-5-10(12)6-8-11/h5-8H,4,9H2,1-3H3. The van der Waals surface area contributed by atoms with Gasteiger partial charge in [0.2, 0.25) is 0 Å². The van der Waals surface area contributed by atoms with Crippen molar-refractivity contribution in [3.63, 3.8) is 0 Å². The zero-order valence-corrected chi connectivity index (χ0v) is 12.0. The second-order valence-corrected chi connectivity index (χ2v) is 7.73. The van der Waals surface area contributed by atoms with E-state index in [1.54, 1.807) is 14.2 Å². The summed E-state index contributed by atoms with van der Waals surface area (Å²) < 4.78 is 12.4. The Morgan fingerprint density at radius 2 is 1.67 bits per heavy atom. The van der Waals surface area contributed by atoms with Crippen LogP contribution in [0.25, 0.3) is 0 Å². The maximum Gasteiger partial charge on any atom is 0.371 e. The molecule has 0 amide bonds. The molecule has 2 nitrogen and oxygen atoms in total. The SMILES string of the molecule is CCC[Si](OC)(OC)c1ccc(Br)cc1. The van der Waals surface area contributed by atoms with Gasteiger partial charge in [-0.3, -0.25) is 0 Å². The molecule has 0 N–H and O–H groups in total. The fraction of sp³-hybridized carbons (Fsp3) is 0.455. The lowest BCUT2D eigenvalue weighted by Crippen LogP contribution is -2.52. The molecule has 4 heteroatoms. The van der Waals surface area contributed by atoms with Gasteiger partial charge >= 0.3 is 8.56 Å². The van der Waals surface area contributed by atoms with Crippen molar-refractivity contribution in [2.75, 3.05) is 14.2 Å². The molecule has 15 heavy (non-hydrogen) atoms. The highest BCUT2D eigenvalue weighted by atomic mass is 79.9. The average molecular weight is 289 g/mol. The van der Waals surface area contributed by atoms with E-state index in [0.29, 0.717) is 0 Å². The van der Waals surface area contributed by atoms with E-state index in [4.69, 9.17) is 8.85 Å². The highest BCUT2D eigenvalue weighted by molar-refractivity contribution is 9.10. The van der Waals surface area contributed by atoms with Gasteiger partial charge in [0.05, 0.1) is 0 Å². The molecule has 0 atom stereocenters. The highest BCUT2D eigenvalue weighted by Gasteiger charge is 2.36. The second kappa shape index (κ2) is 5.79. The predicted octanol–water partition coefficient (Wildman–Crippen LogP) is 2.80. The van der Waals surface area contributed by atoms with Gasteiger partial charge in [0.25, 0.3) is 0 Å². The molecule has 0 saturated heterocycles. The Labute approximate surface area is 101 Å². The normalized spacial score (nSPS) is 11.7. The molecular formula is C11H17BrO2Si. The van der Waals surface area contributed by atoms with Gasteiger partial charge in [-0.25, -0.2) is 0 Å². The first-order chi connectivity index (χ1) is 7.18. The molecule has 0 aromatic heterocycles. The largest absolute Gasteiger partial charge is 0.394 e. The van der Waals surface area contributed by atoms with Crippen LogP contribution in [0.3, 0.4) is 0 Å². The molecule has 1 rings (SSSR count). The number of hydrogen-bond donors (Lipinski definition) is 0. The lowest BCUT2D eigenvalue weighted by atomic mass is 10.4. The van der Waals surface area contributed by atoms with Crippen LogP contribution in [0.15, 0.2) is 28.7 Å². The van der Waals surface area contributed by atoms with Crippen LogP contribution in [0.1, 0.15) is 13.3 Å². The van der Waals surface area contributed by atoms with Crippen LogP contribution < -0.4 is 5.19 Å². The Balaban J connectivity index is 3.02. The summed E-state index contributed by atoms with van der Waals surface area (Å²) in [4.78, 5) is 0. The van der Waals surface area contributed by atoms with Crippen molar-refractivity contribution in [1.82, 2.24) is 0 Å². The third kappa shape index (κ3) is 2.90. The summed E-state index contributed by atoms with van der Waals surface area (Å²) in [5.41, 5.74) is 0. The average Bonchev–Trinajstić information content (AvgIpc) is 2.27. The van der Waals surface area contributed by atoms with E-state index in [9.17, 15) is 0 Å². The summed E-state index contributed by atoms with van der Waals surface area (Å²) in [6.07, 6.45) is 1.07. The maximum absolute atomic E-state index is 5.65. The van der Waals surface area contributed by atoms with E-state index < -0.39 is 8.56 Å². The summed E-state index contributed by atoms with van der Waals surface area (Å²) in [7, 11) is 1.32. The molecule has 0 aliphatic heterocycles. The molecule has 84 valence electrons. The summed E-state index contributed by atoms with van der Waals surface area (Å²) >= 11 is 3.43. The third-order valence-corrected chi connectivity index (χ3v) is 6.74. The van der Waals surface area contributed by atoms with E-state index in [2.05, 4.69) is 35.0 Å². The lowest BCUT2D eigenvalue weighted by Gasteiger charge is -2.27. The Morgan fingerprint density at radius 1 is 1.13 bits per heavy atom. The van der Waals surface area contributed by atoms with E-state index in [-0.39, 0.29) is 0 Å². The molecular weight excluding hydrogens is 272 g/mol. The van der Waals surface area contributed by atoms with Gasteiger partial charge in [0, 0.05) is 18.7 Å². The lowest BCUT2D eigenvalue weighted by molar-refractivity contribution is 0.257. The monoisotopic (exact) mass is 288 g/mol. The van der Waals surface area contributed by atoms with Gasteiger partial charge < -0.3 is 8.85 Å². The van der Waals surface area contributed by atoms with Crippen molar-refractivity contribution in [3.05, 3.63) is 28.7 Å². The van der Waals surface area contributed by atoms with Crippen molar-refractivity contribution in [2.45, 2.75) is 19.4 Å². The first-order valence-corrected chi connectivity index (χ1v) is 7.86. The molecule has 0 aliphatic rings. The molecule has 0 bridgehead atoms. The smallest absolute Gasteiger partial charge is 0.371 e. The Morgan fingerprint density at radius 3 is 2.07 bits per heavy atom. The summed E-state index contributed by atoms with van der Waals surface area (Å²) in [5.74, 6) is 0. The first-order valence-electron chi connectivity index (χ1n) is 5.05. The van der Waals surface area contributed by atoms with Gasteiger partial charge in [-0.15, -0.1) is 0 Å². The minimum absolute atomic E-state index is 0.988. The minimum atomic E-state index is -2.16. The van der Waals surface area contributed by atoms with E-state index in [1.807, 2.05) is 12.1 Å². The minimum Gasteiger partial charge on any atom is -0.394 e. The summed E-state index contributed by atoms with van der Waals surface area (Å²) in [6, 6.07) is 9.22. The zero-order valence-electron chi connectivity index (χ0n) is 9.42. The van der Waals surface area contributed by atoms with E-state index in [1.165, 1.54) is 5.19 Å². The molecule has 0 saturated carbocycles. The second-order valence-electron chi connectivity index (χ2n) is 3.42. The van der Waals surface area contributed by atoms with Crippen molar-refractivity contribution in [3.8, 4) is 0 Å². The quantitative estimate of drug-likeness (QED) is 0.776. The van der Waals surface area contributed by atoms with Gasteiger partial charge in [0.1, 0.15) is 0 Å². The third-order valence-electron chi connectivity index (χ3n) is 2.52. The fourth-order valence-corrected chi connectivity index (χ4v) is 4.63. The van der Waals surface area contributed by atoms with Crippen molar-refractivity contribution in [2.24, 2.45) is 0 Å². The highest BCUT2D eigenvalue weighted by Crippen LogP contribution is 2.16. The molecule has 0 fully saturated rings. The number of benzene rings is 1. The van der Waals surface area contributed by atoms with Crippen LogP contribution in [-0.2, 0) is 8.85 Å². The molecule has 0 aliphatic carbocycles. The molecule has 1 aromatic carbocycles. The topological polar surface area (TPSA) is 18.5 Å². The Bertz CT molecular complexity index is 296. The van der Waals surface area contributed by atoms with Crippen LogP contribution >= 0.6 is 15.9 Å². The number of hydrogen-bond acceptors (Lipinski definition) is 2. The van der Waals surface area contributed by atoms with Gasteiger partial charge in [-0.1, -0.05) is 41.4 Å². The predicted molar refractivity (Wildman–Crippen MR) is 68.6 cm³/mol. The van der Waals surface area contributed by atoms with Gasteiger partial charge in [0.15, 0.2) is 0 Å². The van der Waals surface area contributed by atoms with E-state index >= 15 is 0 Å². The first kappa shape index (κ1) is 12.9. The van der Waals surface area contributed by atoms with Crippen LogP contribution in [0.5, 0.6) is 0 Å². The molecule has 0 spiro atoms. The van der Waals surface area contributed by atoms with Crippen molar-refractivity contribution >= 4 is 29.7 Å². The summed E-state index contributed by atoms with van der Waals surface area (Å²) in [5, 5.41) is 1.19. The van der Waals surface area contributed by atoms with Crippen LogP contribution in [0, 0.1) is 0 Å². The fourth-order valence-electron chi connectivity index (χ4n) is 1.70.